The van der Waals surface area contributed by atoms with Crippen LogP contribution in [-0.4, -0.2) is 36.0 Å². The number of nitrogens with zero attached hydrogens (tertiary/aromatic N) is 2. The molecule has 2 rings (SSSR count). The number of rotatable bonds is 4. The molecule has 1 aromatic rings. The molecule has 0 unspecified atom stereocenters. The van der Waals surface area contributed by atoms with Gasteiger partial charge in [-0.15, -0.1) is 0 Å². The molecule has 0 bridgehead atoms. The molecule has 0 aliphatic carbocycles. The van der Waals surface area contributed by atoms with Crippen molar-refractivity contribution in [2.24, 2.45) is 0 Å². The molecule has 2 N–H and O–H groups in total. The van der Waals surface area contributed by atoms with E-state index in [2.05, 4.69) is 14.9 Å². The normalized spacial score (nSPS) is 18.7. The number of H-pyrrole nitrogens is 1. The van der Waals surface area contributed by atoms with Crippen LogP contribution in [0.5, 0.6) is 0 Å². The van der Waals surface area contributed by atoms with Gasteiger partial charge in [-0.05, 0) is 19.8 Å². The molecule has 7 heteroatoms. The van der Waals surface area contributed by atoms with Crippen molar-refractivity contribution in [1.82, 2.24) is 19.2 Å². The number of aryl methyl sites for hydroxylation is 1. The second-order valence-corrected chi connectivity index (χ2v) is 6.41. The van der Waals surface area contributed by atoms with Crippen LogP contribution in [0.25, 0.3) is 0 Å². The second kappa shape index (κ2) is 5.81. The van der Waals surface area contributed by atoms with Gasteiger partial charge in [0.25, 0.3) is 10.2 Å². The van der Waals surface area contributed by atoms with Crippen molar-refractivity contribution in [2.75, 3.05) is 13.1 Å². The van der Waals surface area contributed by atoms with Gasteiger partial charge in [-0.2, -0.15) is 22.5 Å². The van der Waals surface area contributed by atoms with Crippen LogP contribution in [-0.2, 0) is 16.8 Å². The van der Waals surface area contributed by atoms with E-state index in [4.69, 9.17) is 0 Å². The predicted octanol–water partition coefficient (Wildman–Crippen LogP) is 0.929. The number of hydrogen-bond acceptors (Lipinski definition) is 3. The minimum Gasteiger partial charge on any atom is -0.283 e. The Kier molecular flexibility index (Phi) is 4.36. The van der Waals surface area contributed by atoms with Gasteiger partial charge in [-0.3, -0.25) is 5.10 Å². The maximum Gasteiger partial charge on any atom is 0.279 e. The first-order valence-electron chi connectivity index (χ1n) is 6.33. The zero-order valence-electron chi connectivity index (χ0n) is 10.6. The van der Waals surface area contributed by atoms with Crippen LogP contribution in [0.4, 0.5) is 0 Å². The molecule has 18 heavy (non-hydrogen) atoms. The van der Waals surface area contributed by atoms with Crippen LogP contribution in [0, 0.1) is 6.92 Å². The number of hydrogen-bond donors (Lipinski definition) is 2. The summed E-state index contributed by atoms with van der Waals surface area (Å²) in [6, 6.07) is 0. The Labute approximate surface area is 108 Å². The average molecular weight is 272 g/mol. The third-order valence-corrected chi connectivity index (χ3v) is 4.84. The van der Waals surface area contributed by atoms with Crippen molar-refractivity contribution < 1.29 is 8.42 Å². The van der Waals surface area contributed by atoms with Crippen LogP contribution in [0.3, 0.4) is 0 Å². The van der Waals surface area contributed by atoms with E-state index in [9.17, 15) is 8.42 Å². The van der Waals surface area contributed by atoms with E-state index in [0.717, 1.165) is 36.9 Å². The third-order valence-electron chi connectivity index (χ3n) is 3.28. The van der Waals surface area contributed by atoms with Gasteiger partial charge in [0.05, 0.1) is 6.20 Å². The van der Waals surface area contributed by atoms with Crippen LogP contribution in [0.15, 0.2) is 6.20 Å². The molecule has 0 spiro atoms. The molecule has 102 valence electrons. The third kappa shape index (κ3) is 3.30. The fourth-order valence-electron chi connectivity index (χ4n) is 2.10. The van der Waals surface area contributed by atoms with Gasteiger partial charge in [0.15, 0.2) is 0 Å². The molecule has 1 saturated heterocycles. The lowest BCUT2D eigenvalue weighted by Gasteiger charge is -2.20. The van der Waals surface area contributed by atoms with Gasteiger partial charge in [0.1, 0.15) is 0 Å². The summed E-state index contributed by atoms with van der Waals surface area (Å²) in [5.74, 6) is 0. The first-order chi connectivity index (χ1) is 8.59. The molecule has 1 fully saturated rings. The van der Waals surface area contributed by atoms with Gasteiger partial charge in [-0.1, -0.05) is 12.8 Å². The lowest BCUT2D eigenvalue weighted by molar-refractivity contribution is 0.414. The zero-order chi connectivity index (χ0) is 13.0. The van der Waals surface area contributed by atoms with Crippen LogP contribution < -0.4 is 4.72 Å². The Balaban J connectivity index is 1.96. The van der Waals surface area contributed by atoms with E-state index >= 15 is 0 Å². The van der Waals surface area contributed by atoms with Gasteiger partial charge in [0.2, 0.25) is 0 Å². The number of aromatic amines is 1. The maximum atomic E-state index is 12.1. The fourth-order valence-corrected chi connectivity index (χ4v) is 3.36. The summed E-state index contributed by atoms with van der Waals surface area (Å²) in [5.41, 5.74) is 1.78. The summed E-state index contributed by atoms with van der Waals surface area (Å²) in [6.45, 7) is 3.42. The van der Waals surface area contributed by atoms with E-state index in [-0.39, 0.29) is 0 Å². The SMILES string of the molecule is Cc1[nH]ncc1CNS(=O)(=O)N1CCCCCC1. The molecule has 2 heterocycles. The van der Waals surface area contributed by atoms with Crippen molar-refractivity contribution in [3.63, 3.8) is 0 Å². The van der Waals surface area contributed by atoms with E-state index in [1.165, 1.54) is 0 Å². The lowest BCUT2D eigenvalue weighted by Crippen LogP contribution is -2.40. The highest BCUT2D eigenvalue weighted by atomic mass is 32.2. The molecule has 1 aliphatic heterocycles. The largest absolute Gasteiger partial charge is 0.283 e. The zero-order valence-corrected chi connectivity index (χ0v) is 11.5. The Morgan fingerprint density at radius 3 is 2.56 bits per heavy atom. The van der Waals surface area contributed by atoms with E-state index in [1.54, 1.807) is 10.5 Å². The first kappa shape index (κ1) is 13.5. The Hall–Kier alpha value is -0.920. The standard InChI is InChI=1S/C11H20N4O2S/c1-10-11(8-12-14-10)9-13-18(16,17)15-6-4-2-3-5-7-15/h8,13H,2-7,9H2,1H3,(H,12,14). The molecule has 0 saturated carbocycles. The summed E-state index contributed by atoms with van der Waals surface area (Å²) >= 11 is 0. The molecular weight excluding hydrogens is 252 g/mol. The topological polar surface area (TPSA) is 78.1 Å². The van der Waals surface area contributed by atoms with E-state index in [0.29, 0.717) is 19.6 Å². The Morgan fingerprint density at radius 1 is 1.33 bits per heavy atom. The van der Waals surface area contributed by atoms with Crippen molar-refractivity contribution in [3.8, 4) is 0 Å². The van der Waals surface area contributed by atoms with Crippen molar-refractivity contribution in [2.45, 2.75) is 39.2 Å². The molecule has 0 amide bonds. The summed E-state index contributed by atoms with van der Waals surface area (Å²) in [7, 11) is -3.36. The highest BCUT2D eigenvalue weighted by Crippen LogP contribution is 2.13. The Bertz CT molecular complexity index is 475. The summed E-state index contributed by atoms with van der Waals surface area (Å²) < 4.78 is 28.4. The van der Waals surface area contributed by atoms with Crippen molar-refractivity contribution in [1.29, 1.82) is 0 Å². The molecule has 6 nitrogen and oxygen atoms in total. The van der Waals surface area contributed by atoms with E-state index < -0.39 is 10.2 Å². The van der Waals surface area contributed by atoms with Gasteiger partial charge in [-0.25, -0.2) is 0 Å². The van der Waals surface area contributed by atoms with Crippen LogP contribution in [0.1, 0.15) is 36.9 Å². The monoisotopic (exact) mass is 272 g/mol. The molecule has 0 atom stereocenters. The summed E-state index contributed by atoms with van der Waals surface area (Å²) in [5, 5.41) is 6.67. The number of nitrogens with one attached hydrogen (secondary N) is 2. The minimum atomic E-state index is -3.36. The average Bonchev–Trinajstić information content (AvgIpc) is 2.59. The van der Waals surface area contributed by atoms with Gasteiger partial charge in [0, 0.05) is 30.9 Å². The van der Waals surface area contributed by atoms with Crippen LogP contribution in [0.2, 0.25) is 0 Å². The Morgan fingerprint density at radius 2 is 2.00 bits per heavy atom. The number of aromatic nitrogens is 2. The molecule has 0 aromatic carbocycles. The molecular formula is C11H20N4O2S. The van der Waals surface area contributed by atoms with Gasteiger partial charge >= 0.3 is 0 Å². The van der Waals surface area contributed by atoms with Crippen molar-refractivity contribution >= 4 is 10.2 Å². The molecule has 1 aliphatic rings. The van der Waals surface area contributed by atoms with E-state index in [1.807, 2.05) is 6.92 Å². The second-order valence-electron chi connectivity index (χ2n) is 4.66. The van der Waals surface area contributed by atoms with Crippen LogP contribution >= 0.6 is 0 Å². The fraction of sp³-hybridized carbons (Fsp3) is 0.727. The first-order valence-corrected chi connectivity index (χ1v) is 7.77. The minimum absolute atomic E-state index is 0.293. The van der Waals surface area contributed by atoms with Crippen molar-refractivity contribution in [3.05, 3.63) is 17.5 Å². The highest BCUT2D eigenvalue weighted by Gasteiger charge is 2.22. The lowest BCUT2D eigenvalue weighted by atomic mass is 10.2. The summed E-state index contributed by atoms with van der Waals surface area (Å²) in [4.78, 5) is 0. The van der Waals surface area contributed by atoms with Gasteiger partial charge < -0.3 is 0 Å². The highest BCUT2D eigenvalue weighted by molar-refractivity contribution is 7.87. The smallest absolute Gasteiger partial charge is 0.279 e. The predicted molar refractivity (Wildman–Crippen MR) is 69.1 cm³/mol. The molecule has 0 radical (unpaired) electrons. The quantitative estimate of drug-likeness (QED) is 0.856. The summed E-state index contributed by atoms with van der Waals surface area (Å²) in [6.07, 6.45) is 5.79. The molecule has 1 aromatic heterocycles. The maximum absolute atomic E-state index is 12.1.